The molecular formula is C17H16Cl2N2O3. The molecule has 0 aliphatic rings. The maximum Gasteiger partial charge on any atom is 0.271 e. The van der Waals surface area contributed by atoms with Crippen molar-refractivity contribution in [3.8, 4) is 11.5 Å². The van der Waals surface area contributed by atoms with E-state index >= 15 is 0 Å². The molecule has 0 atom stereocenters. The summed E-state index contributed by atoms with van der Waals surface area (Å²) in [4.78, 5) is 12.0. The number of nitrogens with zero attached hydrogens (tertiary/aromatic N) is 1. The Labute approximate surface area is 150 Å². The molecule has 0 radical (unpaired) electrons. The number of aryl methyl sites for hydroxylation is 1. The third-order valence-electron chi connectivity index (χ3n) is 3.32. The fourth-order valence-corrected chi connectivity index (χ4v) is 2.30. The first-order chi connectivity index (χ1) is 11.5. The SMILES string of the molecule is COc1cc(C)c(/C=N\NC(=O)c2ccc(Cl)c(Cl)c2)cc1OC. The van der Waals surface area contributed by atoms with Crippen LogP contribution in [0.5, 0.6) is 11.5 Å². The van der Waals surface area contributed by atoms with Crippen LogP contribution in [0.3, 0.4) is 0 Å². The first-order valence-electron chi connectivity index (χ1n) is 6.97. The van der Waals surface area contributed by atoms with E-state index in [1.807, 2.05) is 13.0 Å². The minimum atomic E-state index is -0.386. The van der Waals surface area contributed by atoms with Gasteiger partial charge in [-0.1, -0.05) is 23.2 Å². The zero-order valence-corrected chi connectivity index (χ0v) is 14.9. The van der Waals surface area contributed by atoms with Crippen LogP contribution in [0.4, 0.5) is 0 Å². The van der Waals surface area contributed by atoms with Crippen LogP contribution in [0.1, 0.15) is 21.5 Å². The van der Waals surface area contributed by atoms with Crippen molar-refractivity contribution in [3.63, 3.8) is 0 Å². The lowest BCUT2D eigenvalue weighted by Gasteiger charge is -2.10. The summed E-state index contributed by atoms with van der Waals surface area (Å²) < 4.78 is 10.5. The van der Waals surface area contributed by atoms with E-state index in [4.69, 9.17) is 32.7 Å². The Balaban J connectivity index is 2.13. The van der Waals surface area contributed by atoms with Crippen LogP contribution >= 0.6 is 23.2 Å². The zero-order chi connectivity index (χ0) is 17.7. The molecule has 1 N–H and O–H groups in total. The summed E-state index contributed by atoms with van der Waals surface area (Å²) in [6, 6.07) is 8.22. The molecule has 0 aromatic heterocycles. The maximum atomic E-state index is 12.0. The quantitative estimate of drug-likeness (QED) is 0.640. The number of benzene rings is 2. The number of nitrogens with one attached hydrogen (secondary N) is 1. The molecule has 0 unspecified atom stereocenters. The smallest absolute Gasteiger partial charge is 0.271 e. The summed E-state index contributed by atoms with van der Waals surface area (Å²) >= 11 is 11.7. The molecule has 0 fully saturated rings. The Hall–Kier alpha value is -2.24. The molecule has 24 heavy (non-hydrogen) atoms. The Kier molecular flexibility index (Phi) is 6.06. The van der Waals surface area contributed by atoms with Crippen molar-refractivity contribution < 1.29 is 14.3 Å². The van der Waals surface area contributed by atoms with Crippen molar-refractivity contribution in [1.82, 2.24) is 5.43 Å². The van der Waals surface area contributed by atoms with Gasteiger partial charge in [0.1, 0.15) is 0 Å². The molecule has 0 aliphatic heterocycles. The Morgan fingerprint density at radius 2 is 1.75 bits per heavy atom. The van der Waals surface area contributed by atoms with Crippen molar-refractivity contribution in [2.75, 3.05) is 14.2 Å². The van der Waals surface area contributed by atoms with E-state index in [1.54, 1.807) is 32.4 Å². The largest absolute Gasteiger partial charge is 0.493 e. The molecule has 5 nitrogen and oxygen atoms in total. The van der Waals surface area contributed by atoms with Gasteiger partial charge in [0.2, 0.25) is 0 Å². The van der Waals surface area contributed by atoms with E-state index in [9.17, 15) is 4.79 Å². The fourth-order valence-electron chi connectivity index (χ4n) is 2.00. The summed E-state index contributed by atoms with van der Waals surface area (Å²) in [5.74, 6) is 0.829. The van der Waals surface area contributed by atoms with Crippen molar-refractivity contribution in [1.29, 1.82) is 0 Å². The molecule has 2 aromatic carbocycles. The van der Waals surface area contributed by atoms with Gasteiger partial charge in [0.15, 0.2) is 11.5 Å². The highest BCUT2D eigenvalue weighted by molar-refractivity contribution is 6.42. The highest BCUT2D eigenvalue weighted by atomic mass is 35.5. The second-order valence-electron chi connectivity index (χ2n) is 4.89. The number of carbonyl (C=O) groups excluding carboxylic acids is 1. The molecule has 0 saturated heterocycles. The van der Waals surface area contributed by atoms with Crippen molar-refractivity contribution >= 4 is 35.3 Å². The number of rotatable bonds is 5. The fraction of sp³-hybridized carbons (Fsp3) is 0.176. The van der Waals surface area contributed by atoms with Crippen LogP contribution in [-0.4, -0.2) is 26.3 Å². The summed E-state index contributed by atoms with van der Waals surface area (Å²) in [6.45, 7) is 1.91. The highest BCUT2D eigenvalue weighted by Crippen LogP contribution is 2.29. The van der Waals surface area contributed by atoms with Gasteiger partial charge in [0.05, 0.1) is 30.5 Å². The van der Waals surface area contributed by atoms with Crippen molar-refractivity contribution in [2.24, 2.45) is 5.10 Å². The summed E-state index contributed by atoms with van der Waals surface area (Å²) in [6.07, 6.45) is 1.53. The van der Waals surface area contributed by atoms with Gasteiger partial charge in [-0.2, -0.15) is 5.10 Å². The molecule has 0 heterocycles. The minimum Gasteiger partial charge on any atom is -0.493 e. The van der Waals surface area contributed by atoms with E-state index in [1.165, 1.54) is 12.3 Å². The maximum absolute atomic E-state index is 12.0. The van der Waals surface area contributed by atoms with E-state index in [0.29, 0.717) is 27.1 Å². The van der Waals surface area contributed by atoms with Gasteiger partial charge in [-0.05, 0) is 42.8 Å². The lowest BCUT2D eigenvalue weighted by atomic mass is 10.1. The monoisotopic (exact) mass is 366 g/mol. The second-order valence-corrected chi connectivity index (χ2v) is 5.71. The molecule has 0 saturated carbocycles. The molecule has 0 bridgehead atoms. The molecule has 2 rings (SSSR count). The number of ether oxygens (including phenoxy) is 2. The normalized spacial score (nSPS) is 10.7. The Morgan fingerprint density at radius 3 is 2.38 bits per heavy atom. The lowest BCUT2D eigenvalue weighted by molar-refractivity contribution is 0.0955. The zero-order valence-electron chi connectivity index (χ0n) is 13.4. The summed E-state index contributed by atoms with van der Waals surface area (Å²) in [7, 11) is 3.13. The number of halogens is 2. The van der Waals surface area contributed by atoms with Crippen LogP contribution in [-0.2, 0) is 0 Å². The second kappa shape index (κ2) is 8.04. The lowest BCUT2D eigenvalue weighted by Crippen LogP contribution is -2.17. The van der Waals surface area contributed by atoms with E-state index in [-0.39, 0.29) is 5.91 Å². The first kappa shape index (κ1) is 18.1. The predicted molar refractivity (Wildman–Crippen MR) is 95.8 cm³/mol. The van der Waals surface area contributed by atoms with E-state index < -0.39 is 0 Å². The number of hydrogen-bond acceptors (Lipinski definition) is 4. The highest BCUT2D eigenvalue weighted by Gasteiger charge is 2.09. The van der Waals surface area contributed by atoms with Crippen LogP contribution < -0.4 is 14.9 Å². The molecule has 2 aromatic rings. The number of carbonyl (C=O) groups is 1. The molecule has 0 spiro atoms. The van der Waals surface area contributed by atoms with Gasteiger partial charge >= 0.3 is 0 Å². The molecule has 0 aliphatic carbocycles. The minimum absolute atomic E-state index is 0.309. The molecule has 1 amide bonds. The average molecular weight is 367 g/mol. The van der Waals surface area contributed by atoms with Gasteiger partial charge in [0, 0.05) is 11.1 Å². The third kappa shape index (κ3) is 4.19. The van der Waals surface area contributed by atoms with Crippen LogP contribution in [0, 0.1) is 6.92 Å². The van der Waals surface area contributed by atoms with Crippen molar-refractivity contribution in [3.05, 3.63) is 57.1 Å². The summed E-state index contributed by atoms with van der Waals surface area (Å²) in [5.41, 5.74) is 4.53. The number of amides is 1. The Morgan fingerprint density at radius 1 is 1.08 bits per heavy atom. The third-order valence-corrected chi connectivity index (χ3v) is 4.06. The molecular weight excluding hydrogens is 351 g/mol. The molecule has 126 valence electrons. The average Bonchev–Trinajstić information content (AvgIpc) is 2.58. The van der Waals surface area contributed by atoms with Gasteiger partial charge < -0.3 is 9.47 Å². The van der Waals surface area contributed by atoms with Crippen LogP contribution in [0.25, 0.3) is 0 Å². The van der Waals surface area contributed by atoms with E-state index in [2.05, 4.69) is 10.5 Å². The van der Waals surface area contributed by atoms with Crippen molar-refractivity contribution in [2.45, 2.75) is 6.92 Å². The van der Waals surface area contributed by atoms with Gasteiger partial charge in [-0.15, -0.1) is 0 Å². The van der Waals surface area contributed by atoms with Gasteiger partial charge in [0.25, 0.3) is 5.91 Å². The van der Waals surface area contributed by atoms with Gasteiger partial charge in [-0.25, -0.2) is 5.43 Å². The predicted octanol–water partition coefficient (Wildman–Crippen LogP) is 4.08. The molecule has 7 heteroatoms. The number of hydrazone groups is 1. The Bertz CT molecular complexity index is 792. The number of methoxy groups -OCH3 is 2. The van der Waals surface area contributed by atoms with Gasteiger partial charge in [-0.3, -0.25) is 4.79 Å². The van der Waals surface area contributed by atoms with Crippen LogP contribution in [0.2, 0.25) is 10.0 Å². The standard InChI is InChI=1S/C17H16Cl2N2O3/c1-10-6-15(23-2)16(24-3)8-12(10)9-20-21-17(22)11-4-5-13(18)14(19)7-11/h4-9H,1-3H3,(H,21,22)/b20-9-. The number of hydrogen-bond donors (Lipinski definition) is 1. The topological polar surface area (TPSA) is 59.9 Å². The summed E-state index contributed by atoms with van der Waals surface area (Å²) in [5, 5.41) is 4.66. The van der Waals surface area contributed by atoms with Crippen LogP contribution in [0.15, 0.2) is 35.4 Å². The van der Waals surface area contributed by atoms with E-state index in [0.717, 1.165) is 11.1 Å². The first-order valence-corrected chi connectivity index (χ1v) is 7.73.